The van der Waals surface area contributed by atoms with Gasteiger partial charge in [-0.25, -0.2) is 0 Å². The summed E-state index contributed by atoms with van der Waals surface area (Å²) >= 11 is 3.44. The van der Waals surface area contributed by atoms with Crippen LogP contribution in [0.1, 0.15) is 37.4 Å². The summed E-state index contributed by atoms with van der Waals surface area (Å²) in [7, 11) is -0.323. The minimum Gasteiger partial charge on any atom is -0.399 e. The Morgan fingerprint density at radius 3 is 2.14 bits per heavy atom. The van der Waals surface area contributed by atoms with Gasteiger partial charge >= 0.3 is 7.12 Å². The predicted octanol–water partition coefficient (Wildman–Crippen LogP) is 4.98. The molecule has 0 amide bonds. The number of thiophene rings is 2. The Balaban J connectivity index is 1.99. The van der Waals surface area contributed by atoms with Gasteiger partial charge in [0.25, 0.3) is 0 Å². The van der Waals surface area contributed by atoms with Gasteiger partial charge < -0.3 is 9.31 Å². The molecular formula is C16H19BO2S2. The molecule has 1 aliphatic heterocycles. The van der Waals surface area contributed by atoms with Crippen LogP contribution in [0.2, 0.25) is 0 Å². The molecule has 0 unspecified atom stereocenters. The highest BCUT2D eigenvalue weighted by molar-refractivity contribution is 7.13. The molecule has 0 N–H and O–H groups in total. The molecule has 3 rings (SSSR count). The van der Waals surface area contributed by atoms with Gasteiger partial charge in [0.1, 0.15) is 0 Å². The van der Waals surface area contributed by atoms with E-state index in [0.29, 0.717) is 0 Å². The van der Waals surface area contributed by atoms with Crippen molar-refractivity contribution in [1.82, 2.24) is 0 Å². The third-order valence-corrected chi connectivity index (χ3v) is 5.89. The van der Waals surface area contributed by atoms with E-state index < -0.39 is 0 Å². The van der Waals surface area contributed by atoms with Gasteiger partial charge in [-0.2, -0.15) is 0 Å². The molecule has 0 aliphatic carbocycles. The minimum atomic E-state index is -0.323. The molecule has 1 aliphatic rings. The van der Waals surface area contributed by atoms with E-state index >= 15 is 0 Å². The van der Waals surface area contributed by atoms with Gasteiger partial charge in [0.15, 0.2) is 0 Å². The molecule has 21 heavy (non-hydrogen) atoms. The zero-order chi connectivity index (χ0) is 15.1. The molecule has 0 radical (unpaired) electrons. The Kier molecular flexibility index (Phi) is 3.86. The normalized spacial score (nSPS) is 21.0. The average molecular weight is 318 g/mol. The van der Waals surface area contributed by atoms with Crippen LogP contribution in [-0.4, -0.2) is 18.3 Å². The molecule has 3 heterocycles. The van der Waals surface area contributed by atoms with E-state index in [1.54, 1.807) is 22.7 Å². The van der Waals surface area contributed by atoms with Crippen LogP contribution in [0.5, 0.6) is 0 Å². The molecule has 2 aromatic heterocycles. The molecular weight excluding hydrogens is 299 g/mol. The second kappa shape index (κ2) is 5.40. The number of rotatable bonds is 3. The molecule has 0 bridgehead atoms. The van der Waals surface area contributed by atoms with Crippen molar-refractivity contribution in [2.75, 3.05) is 0 Å². The highest BCUT2D eigenvalue weighted by Crippen LogP contribution is 2.41. The second-order valence-electron chi connectivity index (χ2n) is 6.18. The summed E-state index contributed by atoms with van der Waals surface area (Å²) in [6.45, 7) is 8.35. The van der Waals surface area contributed by atoms with Gasteiger partial charge in [0.05, 0.1) is 11.2 Å². The van der Waals surface area contributed by atoms with Crippen molar-refractivity contribution >= 4 is 41.3 Å². The molecule has 2 nitrogen and oxygen atoms in total. The Bertz CT molecular complexity index is 611. The predicted molar refractivity (Wildman–Crippen MR) is 92.6 cm³/mol. The first-order valence-electron chi connectivity index (χ1n) is 7.04. The third-order valence-electron chi connectivity index (χ3n) is 4.15. The molecule has 1 saturated heterocycles. The summed E-state index contributed by atoms with van der Waals surface area (Å²) in [4.78, 5) is 2.41. The fourth-order valence-electron chi connectivity index (χ4n) is 2.19. The molecule has 1 fully saturated rings. The van der Waals surface area contributed by atoms with E-state index in [2.05, 4.69) is 68.8 Å². The number of hydrogen-bond acceptors (Lipinski definition) is 4. The third kappa shape index (κ3) is 2.88. The van der Waals surface area contributed by atoms with Gasteiger partial charge in [-0.15, -0.1) is 22.7 Å². The van der Waals surface area contributed by atoms with Crippen molar-refractivity contribution in [2.24, 2.45) is 0 Å². The summed E-state index contributed by atoms with van der Waals surface area (Å²) in [5.74, 6) is 0. The lowest BCUT2D eigenvalue weighted by Gasteiger charge is -2.32. The van der Waals surface area contributed by atoms with E-state index in [1.165, 1.54) is 9.75 Å². The Labute approximate surface area is 134 Å². The van der Waals surface area contributed by atoms with E-state index in [9.17, 15) is 0 Å². The van der Waals surface area contributed by atoms with Crippen LogP contribution in [0.3, 0.4) is 0 Å². The Morgan fingerprint density at radius 1 is 1.00 bits per heavy atom. The lowest BCUT2D eigenvalue weighted by atomic mass is 9.76. The average Bonchev–Trinajstić information content (AvgIpc) is 3.10. The molecule has 0 spiro atoms. The molecule has 0 atom stereocenters. The summed E-state index contributed by atoms with van der Waals surface area (Å²) in [5.41, 5.74) is 0.471. The zero-order valence-electron chi connectivity index (χ0n) is 12.8. The molecule has 0 aromatic carbocycles. The molecule has 0 saturated carbocycles. The fourth-order valence-corrected chi connectivity index (χ4v) is 3.61. The first kappa shape index (κ1) is 15.0. The van der Waals surface area contributed by atoms with Crippen molar-refractivity contribution in [3.63, 3.8) is 0 Å². The van der Waals surface area contributed by atoms with Gasteiger partial charge in [-0.3, -0.25) is 0 Å². The van der Waals surface area contributed by atoms with Gasteiger partial charge in [0.2, 0.25) is 0 Å². The standard InChI is InChI=1S/C16H19BO2S2/c1-15(2)16(3,4)19-17(18-15)13(14-8-6-10-21-14)11-12-7-5-9-20-12/h5-11H,1-4H3/b13-11-. The van der Waals surface area contributed by atoms with Crippen molar-refractivity contribution in [1.29, 1.82) is 0 Å². The molecule has 2 aromatic rings. The lowest BCUT2D eigenvalue weighted by molar-refractivity contribution is 0.00578. The van der Waals surface area contributed by atoms with Crippen molar-refractivity contribution in [3.05, 3.63) is 44.8 Å². The summed E-state index contributed by atoms with van der Waals surface area (Å²) < 4.78 is 12.4. The first-order valence-corrected chi connectivity index (χ1v) is 8.80. The minimum absolute atomic E-state index is 0.316. The van der Waals surface area contributed by atoms with Crippen LogP contribution in [-0.2, 0) is 9.31 Å². The monoisotopic (exact) mass is 318 g/mol. The molecule has 110 valence electrons. The van der Waals surface area contributed by atoms with Crippen LogP contribution >= 0.6 is 22.7 Å². The van der Waals surface area contributed by atoms with Gasteiger partial charge in [-0.1, -0.05) is 12.1 Å². The summed E-state index contributed by atoms with van der Waals surface area (Å²) in [6, 6.07) is 8.36. The Hall–Kier alpha value is -0.875. The van der Waals surface area contributed by atoms with Crippen molar-refractivity contribution in [3.8, 4) is 0 Å². The summed E-state index contributed by atoms with van der Waals surface area (Å²) in [5, 5.41) is 4.17. The first-order chi connectivity index (χ1) is 9.89. The van der Waals surface area contributed by atoms with Crippen molar-refractivity contribution < 1.29 is 9.31 Å². The van der Waals surface area contributed by atoms with Gasteiger partial charge in [-0.05, 0) is 56.7 Å². The smallest absolute Gasteiger partial charge is 0.399 e. The van der Waals surface area contributed by atoms with E-state index in [4.69, 9.17) is 9.31 Å². The molecule has 5 heteroatoms. The van der Waals surface area contributed by atoms with Crippen LogP contribution in [0, 0.1) is 0 Å². The van der Waals surface area contributed by atoms with Crippen LogP contribution in [0.15, 0.2) is 35.0 Å². The van der Waals surface area contributed by atoms with E-state index in [-0.39, 0.29) is 18.3 Å². The maximum absolute atomic E-state index is 6.22. The van der Waals surface area contributed by atoms with E-state index in [1.807, 2.05) is 0 Å². The fraction of sp³-hybridized carbons (Fsp3) is 0.375. The van der Waals surface area contributed by atoms with Gasteiger partial charge in [0, 0.05) is 15.2 Å². The highest BCUT2D eigenvalue weighted by atomic mass is 32.1. The van der Waals surface area contributed by atoms with Crippen LogP contribution in [0.4, 0.5) is 0 Å². The Morgan fingerprint density at radius 2 is 1.62 bits per heavy atom. The van der Waals surface area contributed by atoms with Crippen LogP contribution in [0.25, 0.3) is 11.5 Å². The van der Waals surface area contributed by atoms with Crippen LogP contribution < -0.4 is 0 Å². The van der Waals surface area contributed by atoms with Crippen molar-refractivity contribution in [2.45, 2.75) is 38.9 Å². The second-order valence-corrected chi connectivity index (χ2v) is 8.11. The lowest BCUT2D eigenvalue weighted by Crippen LogP contribution is -2.41. The maximum atomic E-state index is 6.22. The highest BCUT2D eigenvalue weighted by Gasteiger charge is 2.52. The largest absolute Gasteiger partial charge is 0.496 e. The quantitative estimate of drug-likeness (QED) is 0.743. The van der Waals surface area contributed by atoms with E-state index in [0.717, 1.165) is 5.47 Å². The zero-order valence-corrected chi connectivity index (χ0v) is 14.4. The SMILES string of the molecule is CC1(C)OB(/C(=C\c2cccs2)c2cccs2)OC1(C)C. The number of hydrogen-bond donors (Lipinski definition) is 0. The maximum Gasteiger partial charge on any atom is 0.496 e. The topological polar surface area (TPSA) is 18.5 Å². The summed E-state index contributed by atoms with van der Waals surface area (Å²) in [6.07, 6.45) is 2.18.